The van der Waals surface area contributed by atoms with Gasteiger partial charge in [-0.15, -0.1) is 0 Å². The van der Waals surface area contributed by atoms with E-state index in [-0.39, 0.29) is 11.5 Å². The third kappa shape index (κ3) is 5.29. The van der Waals surface area contributed by atoms with E-state index >= 15 is 0 Å². The quantitative estimate of drug-likeness (QED) is 0.889. The number of amides is 1. The Kier molecular flexibility index (Phi) is 5.80. The van der Waals surface area contributed by atoms with Crippen LogP contribution in [0.4, 0.5) is 0 Å². The summed E-state index contributed by atoms with van der Waals surface area (Å²) in [5, 5.41) is 3.70. The number of hydrogen-bond acceptors (Lipinski definition) is 3. The van der Waals surface area contributed by atoms with Crippen molar-refractivity contribution in [3.63, 3.8) is 0 Å². The molecule has 1 aromatic rings. The van der Waals surface area contributed by atoms with Crippen LogP contribution < -0.4 is 5.32 Å². The second kappa shape index (κ2) is 7.88. The lowest BCUT2D eigenvalue weighted by Crippen LogP contribution is -2.49. The van der Waals surface area contributed by atoms with Crippen LogP contribution in [0.2, 0.25) is 0 Å². The molecule has 3 rings (SSSR count). The highest BCUT2D eigenvalue weighted by Gasteiger charge is 2.33. The van der Waals surface area contributed by atoms with Gasteiger partial charge in [0.25, 0.3) is 5.91 Å². The number of carbonyl (C=O) groups excluding carboxylic acids is 1. The molecule has 1 saturated carbocycles. The van der Waals surface area contributed by atoms with Crippen molar-refractivity contribution in [1.29, 1.82) is 0 Å². The second-order valence-corrected chi connectivity index (χ2v) is 8.53. The van der Waals surface area contributed by atoms with Crippen LogP contribution >= 0.6 is 0 Å². The minimum absolute atomic E-state index is 0.0340. The van der Waals surface area contributed by atoms with Gasteiger partial charge in [0.05, 0.1) is 11.7 Å². The number of nitrogens with zero attached hydrogens (tertiary/aromatic N) is 1. The van der Waals surface area contributed by atoms with Gasteiger partial charge in [0.1, 0.15) is 0 Å². The van der Waals surface area contributed by atoms with Crippen molar-refractivity contribution in [2.24, 2.45) is 5.92 Å². The van der Waals surface area contributed by atoms with Gasteiger partial charge in [-0.3, -0.25) is 4.79 Å². The summed E-state index contributed by atoms with van der Waals surface area (Å²) < 4.78 is 5.99. The maximum absolute atomic E-state index is 12.5. The molecule has 25 heavy (non-hydrogen) atoms. The topological polar surface area (TPSA) is 41.6 Å². The van der Waals surface area contributed by atoms with Crippen molar-refractivity contribution >= 4 is 5.91 Å². The van der Waals surface area contributed by atoms with Crippen LogP contribution in [-0.2, 0) is 4.74 Å². The molecule has 4 heteroatoms. The molecule has 1 saturated heterocycles. The standard InChI is InChI=1S/C21H32N2O2/c1-21(2,3)25-19-13-18(14-19)22-15-16-9-11-23(12-10-16)20(24)17-7-5-4-6-8-17/h4-8,16,18-19,22H,9-15H2,1-3H3. The first-order chi connectivity index (χ1) is 11.9. The highest BCUT2D eigenvalue weighted by molar-refractivity contribution is 5.94. The number of ether oxygens (including phenoxy) is 1. The molecule has 2 fully saturated rings. The Morgan fingerprint density at radius 1 is 1.16 bits per heavy atom. The zero-order valence-electron chi connectivity index (χ0n) is 15.8. The Morgan fingerprint density at radius 2 is 1.80 bits per heavy atom. The van der Waals surface area contributed by atoms with Crippen LogP contribution in [0.3, 0.4) is 0 Å². The van der Waals surface area contributed by atoms with E-state index in [0.717, 1.165) is 50.9 Å². The first-order valence-corrected chi connectivity index (χ1v) is 9.66. The van der Waals surface area contributed by atoms with Gasteiger partial charge in [-0.05, 0) is 71.0 Å². The van der Waals surface area contributed by atoms with E-state index in [1.54, 1.807) is 0 Å². The van der Waals surface area contributed by atoms with Crippen LogP contribution in [0.5, 0.6) is 0 Å². The Bertz CT molecular complexity index is 553. The van der Waals surface area contributed by atoms with Crippen LogP contribution in [0, 0.1) is 5.92 Å². The fourth-order valence-corrected chi connectivity index (χ4v) is 3.77. The monoisotopic (exact) mass is 344 g/mol. The van der Waals surface area contributed by atoms with Crippen molar-refractivity contribution in [3.05, 3.63) is 35.9 Å². The number of piperidine rings is 1. The normalized spacial score (nSPS) is 24.8. The minimum Gasteiger partial charge on any atom is -0.373 e. The number of carbonyl (C=O) groups is 1. The van der Waals surface area contributed by atoms with Crippen molar-refractivity contribution in [3.8, 4) is 0 Å². The van der Waals surface area contributed by atoms with E-state index in [1.807, 2.05) is 35.2 Å². The molecule has 2 aliphatic rings. The molecule has 4 nitrogen and oxygen atoms in total. The van der Waals surface area contributed by atoms with Crippen molar-refractivity contribution in [1.82, 2.24) is 10.2 Å². The summed E-state index contributed by atoms with van der Waals surface area (Å²) in [5.41, 5.74) is 0.770. The van der Waals surface area contributed by atoms with E-state index in [9.17, 15) is 4.79 Å². The lowest BCUT2D eigenvalue weighted by atomic mass is 9.87. The molecule has 1 amide bonds. The minimum atomic E-state index is -0.0340. The van der Waals surface area contributed by atoms with Gasteiger partial charge in [-0.1, -0.05) is 18.2 Å². The molecular weight excluding hydrogens is 312 g/mol. The summed E-state index contributed by atoms with van der Waals surface area (Å²) in [5.74, 6) is 0.857. The number of nitrogens with one attached hydrogen (secondary N) is 1. The highest BCUT2D eigenvalue weighted by atomic mass is 16.5. The van der Waals surface area contributed by atoms with Crippen molar-refractivity contribution < 1.29 is 9.53 Å². The molecule has 0 atom stereocenters. The van der Waals surface area contributed by atoms with Gasteiger partial charge in [-0.2, -0.15) is 0 Å². The summed E-state index contributed by atoms with van der Waals surface area (Å²) >= 11 is 0. The Hall–Kier alpha value is -1.39. The van der Waals surface area contributed by atoms with E-state index < -0.39 is 0 Å². The van der Waals surface area contributed by atoms with E-state index in [4.69, 9.17) is 4.74 Å². The molecule has 1 heterocycles. The van der Waals surface area contributed by atoms with Crippen LogP contribution in [-0.4, -0.2) is 48.2 Å². The van der Waals surface area contributed by atoms with Gasteiger partial charge < -0.3 is 15.0 Å². The molecule has 1 aliphatic carbocycles. The molecule has 0 bridgehead atoms. The molecule has 138 valence electrons. The summed E-state index contributed by atoms with van der Waals surface area (Å²) in [6.45, 7) is 9.19. The van der Waals surface area contributed by atoms with E-state index in [2.05, 4.69) is 26.1 Å². The molecule has 1 N–H and O–H groups in total. The fourth-order valence-electron chi connectivity index (χ4n) is 3.77. The van der Waals surface area contributed by atoms with Crippen LogP contribution in [0.15, 0.2) is 30.3 Å². The molecule has 0 unspecified atom stereocenters. The third-order valence-corrected chi connectivity index (χ3v) is 5.23. The maximum Gasteiger partial charge on any atom is 0.253 e. The van der Waals surface area contributed by atoms with Crippen LogP contribution in [0.25, 0.3) is 0 Å². The lowest BCUT2D eigenvalue weighted by Gasteiger charge is -2.41. The molecule has 1 aliphatic heterocycles. The Labute approximate surface area is 151 Å². The zero-order chi connectivity index (χ0) is 17.9. The van der Waals surface area contributed by atoms with Gasteiger partial charge in [0.15, 0.2) is 0 Å². The largest absolute Gasteiger partial charge is 0.373 e. The van der Waals surface area contributed by atoms with Crippen molar-refractivity contribution in [2.45, 2.75) is 64.2 Å². The molecule has 0 aromatic heterocycles. The first-order valence-electron chi connectivity index (χ1n) is 9.66. The van der Waals surface area contributed by atoms with Crippen molar-refractivity contribution in [2.75, 3.05) is 19.6 Å². The number of rotatable bonds is 5. The highest BCUT2D eigenvalue weighted by Crippen LogP contribution is 2.28. The van der Waals surface area contributed by atoms with Gasteiger partial charge in [-0.25, -0.2) is 0 Å². The van der Waals surface area contributed by atoms with Gasteiger partial charge in [0, 0.05) is 24.7 Å². The Morgan fingerprint density at radius 3 is 2.40 bits per heavy atom. The average molecular weight is 344 g/mol. The fraction of sp³-hybridized carbons (Fsp3) is 0.667. The van der Waals surface area contributed by atoms with E-state index in [1.165, 1.54) is 0 Å². The van der Waals surface area contributed by atoms with E-state index in [0.29, 0.717) is 18.1 Å². The summed E-state index contributed by atoms with van der Waals surface area (Å²) in [6.07, 6.45) is 4.87. The number of hydrogen-bond donors (Lipinski definition) is 1. The van der Waals surface area contributed by atoms with Crippen LogP contribution in [0.1, 0.15) is 56.8 Å². The summed E-state index contributed by atoms with van der Waals surface area (Å²) in [7, 11) is 0. The van der Waals surface area contributed by atoms with Gasteiger partial charge >= 0.3 is 0 Å². The summed E-state index contributed by atoms with van der Waals surface area (Å²) in [6, 6.07) is 10.2. The SMILES string of the molecule is CC(C)(C)OC1CC(NCC2CCN(C(=O)c3ccccc3)CC2)C1. The molecule has 1 aromatic carbocycles. The maximum atomic E-state index is 12.5. The number of likely N-dealkylation sites (tertiary alicyclic amines) is 1. The predicted molar refractivity (Wildman–Crippen MR) is 101 cm³/mol. The lowest BCUT2D eigenvalue weighted by molar-refractivity contribution is -0.102. The smallest absolute Gasteiger partial charge is 0.253 e. The number of benzene rings is 1. The van der Waals surface area contributed by atoms with Gasteiger partial charge in [0.2, 0.25) is 0 Å². The molecular formula is C21H32N2O2. The predicted octanol–water partition coefficient (Wildman–Crippen LogP) is 3.47. The zero-order valence-corrected chi connectivity index (χ0v) is 15.8. The molecule has 0 spiro atoms. The third-order valence-electron chi connectivity index (χ3n) is 5.23. The summed E-state index contributed by atoms with van der Waals surface area (Å²) in [4.78, 5) is 14.5. The average Bonchev–Trinajstić information content (AvgIpc) is 2.56. The Balaban J connectivity index is 1.33. The first kappa shape index (κ1) is 18.4. The second-order valence-electron chi connectivity index (χ2n) is 8.53. The molecule has 0 radical (unpaired) electrons.